The van der Waals surface area contributed by atoms with Crippen LogP contribution in [0.5, 0.6) is 0 Å². The van der Waals surface area contributed by atoms with Crippen molar-refractivity contribution in [1.82, 2.24) is 10.3 Å². The molecule has 1 fully saturated rings. The lowest BCUT2D eigenvalue weighted by atomic mass is 10.4. The maximum absolute atomic E-state index is 11.9. The van der Waals surface area contributed by atoms with Crippen molar-refractivity contribution in [3.05, 3.63) is 28.6 Å². The summed E-state index contributed by atoms with van der Waals surface area (Å²) in [7, 11) is 0. The summed E-state index contributed by atoms with van der Waals surface area (Å²) in [5, 5.41) is 5.95. The van der Waals surface area contributed by atoms with E-state index in [2.05, 4.69) is 17.2 Å². The number of carbonyl (C=O) groups is 1. The van der Waals surface area contributed by atoms with Gasteiger partial charge in [-0.1, -0.05) is 13.0 Å². The van der Waals surface area contributed by atoms with E-state index in [-0.39, 0.29) is 5.91 Å². The lowest BCUT2D eigenvalue weighted by Crippen LogP contribution is -2.25. The van der Waals surface area contributed by atoms with Gasteiger partial charge in [0.15, 0.2) is 0 Å². The molecular weight excluding hydrogens is 252 g/mol. The topological polar surface area (TPSA) is 42.0 Å². The Balaban J connectivity index is 1.74. The van der Waals surface area contributed by atoms with Crippen LogP contribution in [0.15, 0.2) is 23.7 Å². The van der Waals surface area contributed by atoms with E-state index in [4.69, 9.17) is 0 Å². The molecule has 1 amide bonds. The molecule has 1 aliphatic rings. The molecule has 17 heavy (non-hydrogen) atoms. The Morgan fingerprint density at radius 1 is 1.59 bits per heavy atom. The third kappa shape index (κ3) is 2.25. The molecule has 0 radical (unpaired) electrons. The van der Waals surface area contributed by atoms with E-state index in [0.717, 1.165) is 16.3 Å². The number of carbonyl (C=O) groups excluding carboxylic acids is 1. The van der Waals surface area contributed by atoms with E-state index in [1.165, 1.54) is 11.3 Å². The summed E-state index contributed by atoms with van der Waals surface area (Å²) in [6.07, 6.45) is 2.77. The van der Waals surface area contributed by atoms with Crippen molar-refractivity contribution in [2.24, 2.45) is 5.92 Å². The van der Waals surface area contributed by atoms with E-state index < -0.39 is 0 Å². The number of thiophene rings is 1. The van der Waals surface area contributed by atoms with Gasteiger partial charge in [0, 0.05) is 6.04 Å². The van der Waals surface area contributed by atoms with Gasteiger partial charge >= 0.3 is 0 Å². The Hall–Kier alpha value is -1.20. The van der Waals surface area contributed by atoms with Gasteiger partial charge in [-0.25, -0.2) is 4.98 Å². The second-order valence-electron chi connectivity index (χ2n) is 4.30. The SMILES string of the molecule is C[C@H]1C[C@H]1NC(=O)c1cnc(-c2cccs2)s1. The Morgan fingerprint density at radius 2 is 2.41 bits per heavy atom. The molecule has 1 N–H and O–H groups in total. The molecule has 88 valence electrons. The van der Waals surface area contributed by atoms with Crippen LogP contribution in [0.3, 0.4) is 0 Å². The molecule has 2 heterocycles. The summed E-state index contributed by atoms with van der Waals surface area (Å²) in [6, 6.07) is 4.39. The molecule has 2 aromatic rings. The molecule has 1 saturated carbocycles. The molecule has 5 heteroatoms. The van der Waals surface area contributed by atoms with Crippen molar-refractivity contribution in [3.63, 3.8) is 0 Å². The van der Waals surface area contributed by atoms with Crippen molar-refractivity contribution in [1.29, 1.82) is 0 Å². The van der Waals surface area contributed by atoms with Crippen LogP contribution in [-0.2, 0) is 0 Å². The quantitative estimate of drug-likeness (QED) is 0.926. The molecule has 2 aromatic heterocycles. The molecule has 0 unspecified atom stereocenters. The molecule has 2 atom stereocenters. The van der Waals surface area contributed by atoms with Crippen LogP contribution in [0.1, 0.15) is 23.0 Å². The zero-order valence-corrected chi connectivity index (χ0v) is 11.0. The van der Waals surface area contributed by atoms with Gasteiger partial charge in [0.2, 0.25) is 0 Å². The predicted molar refractivity (Wildman–Crippen MR) is 70.5 cm³/mol. The summed E-state index contributed by atoms with van der Waals surface area (Å²) in [4.78, 5) is 18.0. The van der Waals surface area contributed by atoms with Crippen molar-refractivity contribution in [2.75, 3.05) is 0 Å². The van der Waals surface area contributed by atoms with Crippen LogP contribution < -0.4 is 5.32 Å². The smallest absolute Gasteiger partial charge is 0.263 e. The van der Waals surface area contributed by atoms with E-state index in [1.54, 1.807) is 17.5 Å². The highest BCUT2D eigenvalue weighted by atomic mass is 32.1. The van der Waals surface area contributed by atoms with Gasteiger partial charge in [0.05, 0.1) is 11.1 Å². The fourth-order valence-corrected chi connectivity index (χ4v) is 3.28. The van der Waals surface area contributed by atoms with Crippen molar-refractivity contribution in [2.45, 2.75) is 19.4 Å². The summed E-state index contributed by atoms with van der Waals surface area (Å²) >= 11 is 3.10. The molecule has 0 aliphatic heterocycles. The molecular formula is C12H12N2OS2. The molecule has 0 bridgehead atoms. The molecule has 0 saturated heterocycles. The average Bonchev–Trinajstić information content (AvgIpc) is 2.86. The highest BCUT2D eigenvalue weighted by molar-refractivity contribution is 7.21. The Morgan fingerprint density at radius 3 is 3.06 bits per heavy atom. The monoisotopic (exact) mass is 264 g/mol. The summed E-state index contributed by atoms with van der Waals surface area (Å²) < 4.78 is 0. The minimum Gasteiger partial charge on any atom is -0.348 e. The maximum atomic E-state index is 11.9. The molecule has 1 aliphatic carbocycles. The molecule has 0 aromatic carbocycles. The summed E-state index contributed by atoms with van der Waals surface area (Å²) in [5.41, 5.74) is 0. The Kier molecular flexibility index (Phi) is 2.72. The standard InChI is InChI=1S/C12H12N2OS2/c1-7-5-8(7)14-11(15)10-6-13-12(17-10)9-3-2-4-16-9/h2-4,6-8H,5H2,1H3,(H,14,15)/t7-,8+/m0/s1. The van der Waals surface area contributed by atoms with E-state index >= 15 is 0 Å². The summed E-state index contributed by atoms with van der Waals surface area (Å²) in [6.45, 7) is 2.15. The minimum absolute atomic E-state index is 0.0136. The van der Waals surface area contributed by atoms with Crippen LogP contribution in [0.2, 0.25) is 0 Å². The van der Waals surface area contributed by atoms with Crippen molar-refractivity contribution >= 4 is 28.6 Å². The zero-order valence-electron chi connectivity index (χ0n) is 9.34. The Bertz CT molecular complexity index is 532. The number of thiazole rings is 1. The van der Waals surface area contributed by atoms with Crippen molar-refractivity contribution < 1.29 is 4.79 Å². The minimum atomic E-state index is 0.0136. The average molecular weight is 264 g/mol. The predicted octanol–water partition coefficient (Wildman–Crippen LogP) is 3.01. The second-order valence-corrected chi connectivity index (χ2v) is 6.28. The van der Waals surface area contributed by atoms with Crippen LogP contribution in [0, 0.1) is 5.92 Å². The van der Waals surface area contributed by atoms with Gasteiger partial charge in [0.1, 0.15) is 9.88 Å². The zero-order chi connectivity index (χ0) is 11.8. The first-order valence-electron chi connectivity index (χ1n) is 5.54. The maximum Gasteiger partial charge on any atom is 0.263 e. The molecule has 3 rings (SSSR count). The van der Waals surface area contributed by atoms with Gasteiger partial charge in [-0.05, 0) is 23.8 Å². The van der Waals surface area contributed by atoms with Gasteiger partial charge in [-0.3, -0.25) is 4.79 Å². The van der Waals surface area contributed by atoms with E-state index in [0.29, 0.717) is 16.8 Å². The van der Waals surface area contributed by atoms with Gasteiger partial charge in [0.25, 0.3) is 5.91 Å². The number of nitrogens with one attached hydrogen (secondary N) is 1. The van der Waals surface area contributed by atoms with Crippen LogP contribution in [0.4, 0.5) is 0 Å². The van der Waals surface area contributed by atoms with Crippen LogP contribution in [-0.4, -0.2) is 16.9 Å². The fraction of sp³-hybridized carbons (Fsp3) is 0.333. The number of hydrogen-bond donors (Lipinski definition) is 1. The van der Waals surface area contributed by atoms with E-state index in [1.807, 2.05) is 17.5 Å². The first kappa shape index (κ1) is 10.9. The normalized spacial score (nSPS) is 22.4. The van der Waals surface area contributed by atoms with E-state index in [9.17, 15) is 4.79 Å². The highest BCUT2D eigenvalue weighted by Gasteiger charge is 2.34. The molecule has 0 spiro atoms. The number of nitrogens with zero attached hydrogens (tertiary/aromatic N) is 1. The third-order valence-corrected chi connectivity index (χ3v) is 4.92. The summed E-state index contributed by atoms with van der Waals surface area (Å²) in [5.74, 6) is 0.642. The van der Waals surface area contributed by atoms with Gasteiger partial charge in [-0.15, -0.1) is 22.7 Å². The lowest BCUT2D eigenvalue weighted by Gasteiger charge is -1.99. The second kappa shape index (κ2) is 4.23. The first-order chi connectivity index (χ1) is 8.24. The van der Waals surface area contributed by atoms with Crippen LogP contribution in [0.25, 0.3) is 9.88 Å². The molecule has 3 nitrogen and oxygen atoms in total. The lowest BCUT2D eigenvalue weighted by molar-refractivity contribution is 0.0953. The largest absolute Gasteiger partial charge is 0.348 e. The van der Waals surface area contributed by atoms with Gasteiger partial charge in [-0.2, -0.15) is 0 Å². The van der Waals surface area contributed by atoms with Crippen molar-refractivity contribution in [3.8, 4) is 9.88 Å². The first-order valence-corrected chi connectivity index (χ1v) is 7.24. The number of amides is 1. The number of rotatable bonds is 3. The number of aromatic nitrogens is 1. The Labute approximate surface area is 108 Å². The number of hydrogen-bond acceptors (Lipinski definition) is 4. The third-order valence-electron chi connectivity index (χ3n) is 2.89. The fourth-order valence-electron chi connectivity index (χ4n) is 1.66. The highest BCUT2D eigenvalue weighted by Crippen LogP contribution is 2.31. The van der Waals surface area contributed by atoms with Crippen LogP contribution >= 0.6 is 22.7 Å². The van der Waals surface area contributed by atoms with Gasteiger partial charge < -0.3 is 5.32 Å².